The van der Waals surface area contributed by atoms with Gasteiger partial charge >= 0.3 is 5.97 Å². The molecule has 1 amide bonds. The first-order valence-electron chi connectivity index (χ1n) is 15.2. The van der Waals surface area contributed by atoms with E-state index in [4.69, 9.17) is 4.74 Å². The number of carbonyl (C=O) groups excluding carboxylic acids is 1. The average molecular weight is 549 g/mol. The van der Waals surface area contributed by atoms with E-state index in [-0.39, 0.29) is 5.91 Å². The van der Waals surface area contributed by atoms with Gasteiger partial charge in [0.1, 0.15) is 11.8 Å². The van der Waals surface area contributed by atoms with Gasteiger partial charge in [-0.2, -0.15) is 0 Å². The molecular weight excluding hydrogens is 496 g/mol. The van der Waals surface area contributed by atoms with E-state index in [0.717, 1.165) is 24.2 Å². The predicted molar refractivity (Wildman–Crippen MR) is 159 cm³/mol. The molecule has 0 aliphatic carbocycles. The van der Waals surface area contributed by atoms with Crippen LogP contribution >= 0.6 is 11.8 Å². The molecule has 0 radical (unpaired) electrons. The van der Waals surface area contributed by atoms with Gasteiger partial charge in [-0.05, 0) is 31.0 Å². The van der Waals surface area contributed by atoms with Crippen LogP contribution in [-0.2, 0) is 14.5 Å². The van der Waals surface area contributed by atoms with Crippen molar-refractivity contribution < 1.29 is 19.4 Å². The SMILES string of the molecule is CCCCCCCCCCCCCCCCCCNC(=O)C1(c2ccc(OCC)cc2)NC(C(=O)O)CS1. The maximum atomic E-state index is 13.3. The van der Waals surface area contributed by atoms with Gasteiger partial charge in [0.15, 0.2) is 4.87 Å². The summed E-state index contributed by atoms with van der Waals surface area (Å²) >= 11 is 1.35. The second kappa shape index (κ2) is 19.3. The van der Waals surface area contributed by atoms with Gasteiger partial charge in [0.25, 0.3) is 5.91 Å². The Morgan fingerprint density at radius 2 is 1.37 bits per heavy atom. The maximum absolute atomic E-state index is 13.3. The number of nitrogens with one attached hydrogen (secondary N) is 2. The van der Waals surface area contributed by atoms with Crippen LogP contribution in [0.1, 0.15) is 122 Å². The van der Waals surface area contributed by atoms with Crippen LogP contribution in [0.5, 0.6) is 5.75 Å². The number of hydrogen-bond donors (Lipinski definition) is 3. The molecule has 1 aromatic rings. The van der Waals surface area contributed by atoms with Crippen molar-refractivity contribution in [1.29, 1.82) is 0 Å². The van der Waals surface area contributed by atoms with Crippen molar-refractivity contribution in [1.82, 2.24) is 10.6 Å². The first-order valence-corrected chi connectivity index (χ1v) is 16.2. The highest BCUT2D eigenvalue weighted by Gasteiger charge is 2.49. The quantitative estimate of drug-likeness (QED) is 0.131. The number of carboxylic acid groups (broad SMARTS) is 1. The summed E-state index contributed by atoms with van der Waals surface area (Å²) in [5, 5.41) is 15.6. The van der Waals surface area contributed by atoms with E-state index >= 15 is 0 Å². The molecule has 1 heterocycles. The average Bonchev–Trinajstić information content (AvgIpc) is 3.38. The number of hydrogen-bond acceptors (Lipinski definition) is 5. The van der Waals surface area contributed by atoms with Gasteiger partial charge in [0.05, 0.1) is 6.61 Å². The molecule has 2 unspecified atom stereocenters. The van der Waals surface area contributed by atoms with Crippen LogP contribution in [0.4, 0.5) is 0 Å². The van der Waals surface area contributed by atoms with Crippen LogP contribution in [0.3, 0.4) is 0 Å². The van der Waals surface area contributed by atoms with Crippen molar-refractivity contribution in [3.8, 4) is 5.75 Å². The first kappa shape index (κ1) is 32.5. The van der Waals surface area contributed by atoms with E-state index in [1.54, 1.807) is 0 Å². The van der Waals surface area contributed by atoms with Crippen molar-refractivity contribution in [2.24, 2.45) is 0 Å². The summed E-state index contributed by atoms with van der Waals surface area (Å²) in [6, 6.07) is 6.61. The number of thioether (sulfide) groups is 1. The molecule has 2 atom stereocenters. The van der Waals surface area contributed by atoms with E-state index < -0.39 is 16.9 Å². The summed E-state index contributed by atoms with van der Waals surface area (Å²) in [5.41, 5.74) is 0.749. The highest BCUT2D eigenvalue weighted by Crippen LogP contribution is 2.40. The van der Waals surface area contributed by atoms with Crippen molar-refractivity contribution in [3.05, 3.63) is 29.8 Å². The zero-order valence-electron chi connectivity index (χ0n) is 23.9. The van der Waals surface area contributed by atoms with Crippen LogP contribution in [0.15, 0.2) is 24.3 Å². The normalized spacial score (nSPS) is 18.9. The third-order valence-corrected chi connectivity index (χ3v) is 8.82. The van der Waals surface area contributed by atoms with Gasteiger partial charge in [0.2, 0.25) is 0 Å². The number of ether oxygens (including phenoxy) is 1. The van der Waals surface area contributed by atoms with Crippen LogP contribution in [0, 0.1) is 0 Å². The molecule has 0 bridgehead atoms. The number of aliphatic carboxylic acids is 1. The largest absolute Gasteiger partial charge is 0.494 e. The minimum atomic E-state index is -1.09. The van der Waals surface area contributed by atoms with Crippen molar-refractivity contribution in [3.63, 3.8) is 0 Å². The summed E-state index contributed by atoms with van der Waals surface area (Å²) in [6.07, 6.45) is 21.1. The molecule has 6 nitrogen and oxygen atoms in total. The molecule has 216 valence electrons. The van der Waals surface area contributed by atoms with Gasteiger partial charge in [-0.15, -0.1) is 11.8 Å². The van der Waals surface area contributed by atoms with E-state index in [1.165, 1.54) is 102 Å². The molecule has 1 saturated heterocycles. The van der Waals surface area contributed by atoms with Gasteiger partial charge in [0, 0.05) is 12.3 Å². The third-order valence-electron chi connectivity index (χ3n) is 7.35. The summed E-state index contributed by atoms with van der Waals surface area (Å²) in [4.78, 5) is 23.8. The Kier molecular flexibility index (Phi) is 16.5. The molecule has 1 aliphatic heterocycles. The Hall–Kier alpha value is -1.73. The van der Waals surface area contributed by atoms with Gasteiger partial charge in [-0.25, -0.2) is 0 Å². The molecule has 0 saturated carbocycles. The fourth-order valence-corrected chi connectivity index (χ4v) is 6.43. The molecule has 1 aromatic carbocycles. The summed E-state index contributed by atoms with van der Waals surface area (Å²) < 4.78 is 5.52. The molecule has 2 rings (SSSR count). The van der Waals surface area contributed by atoms with Gasteiger partial charge in [-0.3, -0.25) is 14.9 Å². The lowest BCUT2D eigenvalue weighted by Gasteiger charge is -2.28. The lowest BCUT2D eigenvalue weighted by molar-refractivity contribution is -0.139. The lowest BCUT2D eigenvalue weighted by atomic mass is 10.0. The monoisotopic (exact) mass is 548 g/mol. The Bertz CT molecular complexity index is 789. The Morgan fingerprint density at radius 3 is 1.82 bits per heavy atom. The highest BCUT2D eigenvalue weighted by molar-refractivity contribution is 8.01. The summed E-state index contributed by atoms with van der Waals surface area (Å²) in [5.74, 6) is -0.0281. The van der Waals surface area contributed by atoms with Crippen molar-refractivity contribution >= 4 is 23.6 Å². The predicted octanol–water partition coefficient (Wildman–Crippen LogP) is 7.41. The van der Waals surface area contributed by atoms with Crippen LogP contribution in [0.2, 0.25) is 0 Å². The smallest absolute Gasteiger partial charge is 0.321 e. The Morgan fingerprint density at radius 1 is 0.868 bits per heavy atom. The van der Waals surface area contributed by atoms with Gasteiger partial charge in [-0.1, -0.05) is 115 Å². The van der Waals surface area contributed by atoms with Crippen LogP contribution in [-0.4, -0.2) is 41.9 Å². The molecule has 38 heavy (non-hydrogen) atoms. The molecule has 0 spiro atoms. The molecule has 0 aromatic heterocycles. The van der Waals surface area contributed by atoms with E-state index in [1.807, 2.05) is 31.2 Å². The number of rotatable bonds is 22. The zero-order valence-corrected chi connectivity index (χ0v) is 24.7. The van der Waals surface area contributed by atoms with Crippen LogP contribution in [0.25, 0.3) is 0 Å². The van der Waals surface area contributed by atoms with E-state index in [2.05, 4.69) is 17.6 Å². The van der Waals surface area contributed by atoms with Crippen molar-refractivity contribution in [2.45, 2.75) is 127 Å². The van der Waals surface area contributed by atoms with Gasteiger partial charge < -0.3 is 15.2 Å². The molecule has 1 fully saturated rings. The summed E-state index contributed by atoms with van der Waals surface area (Å²) in [7, 11) is 0. The highest BCUT2D eigenvalue weighted by atomic mass is 32.2. The maximum Gasteiger partial charge on any atom is 0.321 e. The molecular formula is C31H52N2O4S. The second-order valence-electron chi connectivity index (χ2n) is 10.5. The van der Waals surface area contributed by atoms with Crippen LogP contribution < -0.4 is 15.4 Å². The number of unbranched alkanes of at least 4 members (excludes halogenated alkanes) is 15. The number of carboxylic acids is 1. The topological polar surface area (TPSA) is 87.7 Å². The Balaban J connectivity index is 1.59. The van der Waals surface area contributed by atoms with E-state index in [0.29, 0.717) is 18.9 Å². The number of carbonyl (C=O) groups is 2. The number of benzene rings is 1. The minimum absolute atomic E-state index is 0.170. The molecule has 3 N–H and O–H groups in total. The Labute approximate surface area is 235 Å². The molecule has 7 heteroatoms. The lowest BCUT2D eigenvalue weighted by Crippen LogP contribution is -2.52. The fourth-order valence-electron chi connectivity index (χ4n) is 5.05. The summed E-state index contributed by atoms with van der Waals surface area (Å²) in [6.45, 7) is 5.37. The molecule has 1 aliphatic rings. The fraction of sp³-hybridized carbons (Fsp3) is 0.742. The first-order chi connectivity index (χ1) is 18.5. The minimum Gasteiger partial charge on any atom is -0.494 e. The second-order valence-corrected chi connectivity index (χ2v) is 11.8. The zero-order chi connectivity index (χ0) is 27.5. The third kappa shape index (κ3) is 11.6. The number of amides is 1. The standard InChI is InChI=1S/C31H52N2O4S/c1-3-5-6-7-8-9-10-11-12-13-14-15-16-17-18-19-24-32-30(36)31(33-28(25-38-31)29(34)35)26-20-22-27(23-21-26)37-4-2/h20-23,28,33H,3-19,24-25H2,1-2H3,(H,32,36)(H,34,35). The van der Waals surface area contributed by atoms with E-state index in [9.17, 15) is 14.7 Å². The van der Waals surface area contributed by atoms with Crippen molar-refractivity contribution in [2.75, 3.05) is 18.9 Å².